The largest absolute Gasteiger partial charge is 0.378 e. The van der Waals surface area contributed by atoms with E-state index in [2.05, 4.69) is 34.1 Å². The minimum Gasteiger partial charge on any atom is -0.378 e. The van der Waals surface area contributed by atoms with Crippen LogP contribution in [0.3, 0.4) is 0 Å². The second-order valence-corrected chi connectivity index (χ2v) is 6.19. The highest BCUT2D eigenvalue weighted by molar-refractivity contribution is 5.76. The van der Waals surface area contributed by atoms with E-state index < -0.39 is 0 Å². The van der Waals surface area contributed by atoms with Crippen molar-refractivity contribution in [2.45, 2.75) is 44.2 Å². The number of para-hydroxylation sites is 2. The standard InChI is InChI=1S/C17H23N3O/c1-2-4-16-15(3-1)19-17(20(16)13-5-6-13)9-12-21-14-7-10-18-11-8-14/h1-4,13-14,18H,5-12H2. The summed E-state index contributed by atoms with van der Waals surface area (Å²) in [7, 11) is 0. The second-order valence-electron chi connectivity index (χ2n) is 6.19. The van der Waals surface area contributed by atoms with Crippen LogP contribution in [0.2, 0.25) is 0 Å². The van der Waals surface area contributed by atoms with Gasteiger partial charge in [0.25, 0.3) is 0 Å². The zero-order valence-corrected chi connectivity index (χ0v) is 12.4. The molecule has 0 amide bonds. The van der Waals surface area contributed by atoms with E-state index in [1.54, 1.807) is 0 Å². The first-order valence-corrected chi connectivity index (χ1v) is 8.20. The van der Waals surface area contributed by atoms with Crippen molar-refractivity contribution in [3.05, 3.63) is 30.1 Å². The Morgan fingerprint density at radius 1 is 1.14 bits per heavy atom. The molecule has 0 atom stereocenters. The number of piperidine rings is 1. The average Bonchev–Trinajstić information content (AvgIpc) is 3.29. The lowest BCUT2D eigenvalue weighted by molar-refractivity contribution is 0.0340. The van der Waals surface area contributed by atoms with Crippen LogP contribution in [-0.4, -0.2) is 35.4 Å². The molecule has 1 aliphatic carbocycles. The van der Waals surface area contributed by atoms with Crippen molar-refractivity contribution in [2.75, 3.05) is 19.7 Å². The third kappa shape index (κ3) is 2.83. The molecule has 0 unspecified atom stereocenters. The maximum Gasteiger partial charge on any atom is 0.112 e. The van der Waals surface area contributed by atoms with Gasteiger partial charge in [0.15, 0.2) is 0 Å². The highest BCUT2D eigenvalue weighted by Crippen LogP contribution is 2.38. The van der Waals surface area contributed by atoms with Crippen LogP contribution in [0.25, 0.3) is 11.0 Å². The predicted octanol–water partition coefficient (Wildman–Crippen LogP) is 2.68. The summed E-state index contributed by atoms with van der Waals surface area (Å²) >= 11 is 0. The molecule has 1 saturated carbocycles. The van der Waals surface area contributed by atoms with E-state index in [0.29, 0.717) is 12.1 Å². The normalized spacial score (nSPS) is 20.2. The van der Waals surface area contributed by atoms with Crippen LogP contribution in [0.1, 0.15) is 37.5 Å². The van der Waals surface area contributed by atoms with Gasteiger partial charge >= 0.3 is 0 Å². The summed E-state index contributed by atoms with van der Waals surface area (Å²) in [5, 5.41) is 3.38. The molecule has 4 rings (SSSR count). The molecule has 4 nitrogen and oxygen atoms in total. The molecule has 112 valence electrons. The van der Waals surface area contributed by atoms with Crippen LogP contribution < -0.4 is 5.32 Å². The lowest BCUT2D eigenvalue weighted by Crippen LogP contribution is -2.32. The van der Waals surface area contributed by atoms with E-state index in [-0.39, 0.29) is 0 Å². The third-order valence-electron chi connectivity index (χ3n) is 4.55. The predicted molar refractivity (Wildman–Crippen MR) is 83.6 cm³/mol. The number of imidazole rings is 1. The summed E-state index contributed by atoms with van der Waals surface area (Å²) in [4.78, 5) is 4.83. The van der Waals surface area contributed by atoms with Gasteiger partial charge in [0.05, 0.1) is 23.7 Å². The number of rotatable bonds is 5. The van der Waals surface area contributed by atoms with Gasteiger partial charge < -0.3 is 14.6 Å². The van der Waals surface area contributed by atoms with Crippen LogP contribution in [0, 0.1) is 0 Å². The average molecular weight is 285 g/mol. The minimum atomic E-state index is 0.435. The smallest absolute Gasteiger partial charge is 0.112 e. The molecular weight excluding hydrogens is 262 g/mol. The summed E-state index contributed by atoms with van der Waals surface area (Å²) in [5.41, 5.74) is 2.41. The first-order chi connectivity index (χ1) is 10.4. The van der Waals surface area contributed by atoms with Gasteiger partial charge in [0, 0.05) is 12.5 Å². The van der Waals surface area contributed by atoms with Gasteiger partial charge in [0.2, 0.25) is 0 Å². The molecule has 2 fully saturated rings. The number of nitrogens with zero attached hydrogens (tertiary/aromatic N) is 2. The fourth-order valence-electron chi connectivity index (χ4n) is 3.29. The third-order valence-corrected chi connectivity index (χ3v) is 4.55. The molecule has 2 heterocycles. The van der Waals surface area contributed by atoms with E-state index in [1.165, 1.54) is 24.2 Å². The summed E-state index contributed by atoms with van der Waals surface area (Å²) in [6, 6.07) is 9.16. The van der Waals surface area contributed by atoms with Crippen molar-refractivity contribution >= 4 is 11.0 Å². The molecule has 0 spiro atoms. The summed E-state index contributed by atoms with van der Waals surface area (Å²) in [6.45, 7) is 2.97. The Morgan fingerprint density at radius 3 is 2.76 bits per heavy atom. The van der Waals surface area contributed by atoms with E-state index >= 15 is 0 Å². The summed E-state index contributed by atoms with van der Waals surface area (Å²) in [6.07, 6.45) is 6.23. The van der Waals surface area contributed by atoms with Crippen LogP contribution in [0.15, 0.2) is 24.3 Å². The lowest BCUT2D eigenvalue weighted by Gasteiger charge is -2.22. The molecule has 1 aliphatic heterocycles. The molecule has 1 saturated heterocycles. The van der Waals surface area contributed by atoms with Crippen LogP contribution >= 0.6 is 0 Å². The molecule has 21 heavy (non-hydrogen) atoms. The SMILES string of the molecule is c1ccc2c(c1)nc(CCOC1CCNCC1)n2C1CC1. The number of hydrogen-bond donors (Lipinski definition) is 1. The van der Waals surface area contributed by atoms with Crippen molar-refractivity contribution in [1.29, 1.82) is 0 Å². The van der Waals surface area contributed by atoms with Gasteiger partial charge in [-0.25, -0.2) is 4.98 Å². The number of fused-ring (bicyclic) bond motifs is 1. The Balaban J connectivity index is 1.46. The molecule has 2 aliphatic rings. The van der Waals surface area contributed by atoms with Crippen molar-refractivity contribution in [3.8, 4) is 0 Å². The minimum absolute atomic E-state index is 0.435. The highest BCUT2D eigenvalue weighted by Gasteiger charge is 2.28. The first kappa shape index (κ1) is 13.3. The van der Waals surface area contributed by atoms with Crippen molar-refractivity contribution in [2.24, 2.45) is 0 Å². The maximum atomic E-state index is 6.04. The van der Waals surface area contributed by atoms with Gasteiger partial charge in [-0.2, -0.15) is 0 Å². The molecule has 4 heteroatoms. The number of ether oxygens (including phenoxy) is 1. The Kier molecular flexibility index (Phi) is 3.65. The molecule has 2 aromatic rings. The fraction of sp³-hybridized carbons (Fsp3) is 0.588. The zero-order chi connectivity index (χ0) is 14.1. The van der Waals surface area contributed by atoms with Gasteiger partial charge in [-0.05, 0) is 50.9 Å². The molecule has 0 bridgehead atoms. The molecule has 1 N–H and O–H groups in total. The van der Waals surface area contributed by atoms with E-state index in [4.69, 9.17) is 9.72 Å². The quantitative estimate of drug-likeness (QED) is 0.918. The Morgan fingerprint density at radius 2 is 1.95 bits per heavy atom. The Bertz CT molecular complexity index is 612. The summed E-state index contributed by atoms with van der Waals surface area (Å²) in [5.74, 6) is 1.20. The van der Waals surface area contributed by atoms with Crippen LogP contribution in [-0.2, 0) is 11.2 Å². The van der Waals surface area contributed by atoms with Crippen LogP contribution in [0.5, 0.6) is 0 Å². The Hall–Kier alpha value is -1.39. The zero-order valence-electron chi connectivity index (χ0n) is 12.4. The maximum absolute atomic E-state index is 6.04. The molecular formula is C17H23N3O. The van der Waals surface area contributed by atoms with Gasteiger partial charge in [-0.1, -0.05) is 12.1 Å². The van der Waals surface area contributed by atoms with Gasteiger partial charge in [-0.3, -0.25) is 0 Å². The second kappa shape index (κ2) is 5.78. The highest BCUT2D eigenvalue weighted by atomic mass is 16.5. The van der Waals surface area contributed by atoms with E-state index in [0.717, 1.165) is 44.5 Å². The van der Waals surface area contributed by atoms with E-state index in [9.17, 15) is 0 Å². The topological polar surface area (TPSA) is 39.1 Å². The van der Waals surface area contributed by atoms with Crippen molar-refractivity contribution in [3.63, 3.8) is 0 Å². The number of benzene rings is 1. The molecule has 1 aromatic heterocycles. The first-order valence-electron chi connectivity index (χ1n) is 8.20. The lowest BCUT2D eigenvalue weighted by atomic mass is 10.1. The number of hydrogen-bond acceptors (Lipinski definition) is 3. The monoisotopic (exact) mass is 285 g/mol. The van der Waals surface area contributed by atoms with Crippen molar-refractivity contribution in [1.82, 2.24) is 14.9 Å². The number of nitrogens with one attached hydrogen (secondary N) is 1. The van der Waals surface area contributed by atoms with Gasteiger partial charge in [0.1, 0.15) is 5.82 Å². The Labute approximate surface area is 125 Å². The fourth-order valence-corrected chi connectivity index (χ4v) is 3.29. The van der Waals surface area contributed by atoms with Crippen LogP contribution in [0.4, 0.5) is 0 Å². The number of aromatic nitrogens is 2. The van der Waals surface area contributed by atoms with E-state index in [1.807, 2.05) is 0 Å². The molecule has 0 radical (unpaired) electrons. The summed E-state index contributed by atoms with van der Waals surface area (Å²) < 4.78 is 8.49. The van der Waals surface area contributed by atoms with Crippen molar-refractivity contribution < 1.29 is 4.74 Å². The molecule has 1 aromatic carbocycles. The van der Waals surface area contributed by atoms with Gasteiger partial charge in [-0.15, -0.1) is 0 Å².